The van der Waals surface area contributed by atoms with Crippen LogP contribution in [0.15, 0.2) is 12.2 Å². The lowest BCUT2D eigenvalue weighted by atomic mass is 10.0. The molecule has 1 amide bonds. The summed E-state index contributed by atoms with van der Waals surface area (Å²) in [6.45, 7) is 3.69. The Morgan fingerprint density at radius 3 is 2.86 bits per heavy atom. The highest BCUT2D eigenvalue weighted by Gasteiger charge is 2.17. The zero-order valence-electron chi connectivity index (χ0n) is 8.92. The molecule has 2 N–H and O–H groups in total. The molecule has 0 saturated heterocycles. The smallest absolute Gasteiger partial charge is 0.220 e. The minimum Gasteiger partial charge on any atom is -0.389 e. The van der Waals surface area contributed by atoms with E-state index in [1.165, 1.54) is 0 Å². The topological polar surface area (TPSA) is 49.3 Å². The summed E-state index contributed by atoms with van der Waals surface area (Å²) >= 11 is 0. The third-order valence-corrected chi connectivity index (χ3v) is 2.28. The molecule has 1 unspecified atom stereocenters. The van der Waals surface area contributed by atoms with Crippen molar-refractivity contribution in [3.8, 4) is 0 Å². The molecular weight excluding hydrogens is 178 g/mol. The van der Waals surface area contributed by atoms with Gasteiger partial charge in [0.1, 0.15) is 0 Å². The average molecular weight is 197 g/mol. The molecule has 0 aromatic heterocycles. The van der Waals surface area contributed by atoms with Gasteiger partial charge >= 0.3 is 0 Å². The lowest BCUT2D eigenvalue weighted by molar-refractivity contribution is -0.122. The Morgan fingerprint density at radius 1 is 1.64 bits per heavy atom. The second-order valence-corrected chi connectivity index (χ2v) is 4.56. The second-order valence-electron chi connectivity index (χ2n) is 4.56. The molecule has 3 nitrogen and oxygen atoms in total. The van der Waals surface area contributed by atoms with E-state index in [0.717, 1.165) is 12.8 Å². The van der Waals surface area contributed by atoms with Crippen molar-refractivity contribution in [2.24, 2.45) is 5.92 Å². The average Bonchev–Trinajstić information content (AvgIpc) is 2.52. The van der Waals surface area contributed by atoms with Crippen LogP contribution in [0.4, 0.5) is 0 Å². The minimum absolute atomic E-state index is 0.0312. The molecule has 14 heavy (non-hydrogen) atoms. The molecule has 1 aliphatic rings. The number of rotatable bonds is 4. The molecule has 1 aliphatic carbocycles. The Labute approximate surface area is 85.2 Å². The first kappa shape index (κ1) is 11.2. The van der Waals surface area contributed by atoms with E-state index in [9.17, 15) is 9.90 Å². The minimum atomic E-state index is -0.818. The predicted molar refractivity (Wildman–Crippen MR) is 55.8 cm³/mol. The monoisotopic (exact) mass is 197 g/mol. The molecule has 0 heterocycles. The van der Waals surface area contributed by atoms with Crippen molar-refractivity contribution >= 4 is 5.91 Å². The van der Waals surface area contributed by atoms with Gasteiger partial charge < -0.3 is 10.4 Å². The summed E-state index contributed by atoms with van der Waals surface area (Å²) in [5.74, 6) is 0.431. The SMILES string of the molecule is CC(C)(O)CNC(=O)CC1C=CCC1. The molecule has 0 aromatic carbocycles. The Balaban J connectivity index is 2.19. The quantitative estimate of drug-likeness (QED) is 0.666. The van der Waals surface area contributed by atoms with Gasteiger partial charge in [-0.1, -0.05) is 12.2 Å². The maximum atomic E-state index is 11.4. The van der Waals surface area contributed by atoms with E-state index in [1.54, 1.807) is 13.8 Å². The molecule has 0 fully saturated rings. The summed E-state index contributed by atoms with van der Waals surface area (Å²) in [5, 5.41) is 12.1. The van der Waals surface area contributed by atoms with E-state index in [4.69, 9.17) is 0 Å². The van der Waals surface area contributed by atoms with Gasteiger partial charge in [0, 0.05) is 13.0 Å². The predicted octanol–water partition coefficient (Wildman–Crippen LogP) is 1.23. The van der Waals surface area contributed by atoms with Gasteiger partial charge in [-0.3, -0.25) is 4.79 Å². The highest BCUT2D eigenvalue weighted by Crippen LogP contribution is 2.19. The highest BCUT2D eigenvalue weighted by molar-refractivity contribution is 5.76. The van der Waals surface area contributed by atoms with Crippen molar-refractivity contribution in [2.45, 2.75) is 38.7 Å². The van der Waals surface area contributed by atoms with Crippen molar-refractivity contribution in [1.82, 2.24) is 5.32 Å². The van der Waals surface area contributed by atoms with Gasteiger partial charge in [-0.15, -0.1) is 0 Å². The van der Waals surface area contributed by atoms with Gasteiger partial charge in [-0.05, 0) is 32.6 Å². The van der Waals surface area contributed by atoms with Crippen molar-refractivity contribution < 1.29 is 9.90 Å². The van der Waals surface area contributed by atoms with Gasteiger partial charge in [0.05, 0.1) is 5.60 Å². The second kappa shape index (κ2) is 4.60. The van der Waals surface area contributed by atoms with Crippen LogP contribution < -0.4 is 5.32 Å². The molecule has 3 heteroatoms. The largest absolute Gasteiger partial charge is 0.389 e. The normalized spacial score (nSPS) is 21.2. The fraction of sp³-hybridized carbons (Fsp3) is 0.727. The Kier molecular flexibility index (Phi) is 3.69. The van der Waals surface area contributed by atoms with Crippen LogP contribution in [0, 0.1) is 5.92 Å². The van der Waals surface area contributed by atoms with Crippen LogP contribution in [0.1, 0.15) is 33.1 Å². The maximum Gasteiger partial charge on any atom is 0.220 e. The number of aliphatic hydroxyl groups is 1. The van der Waals surface area contributed by atoms with Crippen LogP contribution in [0.5, 0.6) is 0 Å². The van der Waals surface area contributed by atoms with Gasteiger partial charge in [-0.2, -0.15) is 0 Å². The van der Waals surface area contributed by atoms with E-state index in [-0.39, 0.29) is 5.91 Å². The van der Waals surface area contributed by atoms with E-state index in [1.807, 2.05) is 0 Å². The molecule has 0 radical (unpaired) electrons. The van der Waals surface area contributed by atoms with Gasteiger partial charge in [0.2, 0.25) is 5.91 Å². The molecule has 0 bridgehead atoms. The van der Waals surface area contributed by atoms with Crippen molar-refractivity contribution in [3.63, 3.8) is 0 Å². The Hall–Kier alpha value is -0.830. The molecule has 0 aliphatic heterocycles. The summed E-state index contributed by atoms with van der Waals surface area (Å²) in [6, 6.07) is 0. The first-order chi connectivity index (χ1) is 6.47. The standard InChI is InChI=1S/C11H19NO2/c1-11(2,14)8-12-10(13)7-9-5-3-4-6-9/h3,5,9,14H,4,6-8H2,1-2H3,(H,12,13). The number of hydrogen-bond donors (Lipinski definition) is 2. The maximum absolute atomic E-state index is 11.4. The van der Waals surface area contributed by atoms with E-state index >= 15 is 0 Å². The third kappa shape index (κ3) is 4.42. The molecule has 0 spiro atoms. The zero-order chi connectivity index (χ0) is 10.6. The number of amides is 1. The number of carbonyl (C=O) groups excluding carboxylic acids is 1. The van der Waals surface area contributed by atoms with Gasteiger partial charge in [0.25, 0.3) is 0 Å². The molecule has 0 saturated carbocycles. The summed E-state index contributed by atoms with van der Waals surface area (Å²) < 4.78 is 0. The van der Waals surface area contributed by atoms with Crippen LogP contribution in [0.25, 0.3) is 0 Å². The van der Waals surface area contributed by atoms with Crippen molar-refractivity contribution in [3.05, 3.63) is 12.2 Å². The molecule has 1 atom stereocenters. The molecular formula is C11H19NO2. The Bertz CT molecular complexity index is 228. The van der Waals surface area contributed by atoms with Crippen molar-refractivity contribution in [2.75, 3.05) is 6.54 Å². The van der Waals surface area contributed by atoms with E-state index < -0.39 is 5.60 Å². The highest BCUT2D eigenvalue weighted by atomic mass is 16.3. The van der Waals surface area contributed by atoms with Crippen LogP contribution in [-0.4, -0.2) is 23.2 Å². The molecule has 0 aromatic rings. The van der Waals surface area contributed by atoms with E-state index in [0.29, 0.717) is 18.9 Å². The number of hydrogen-bond acceptors (Lipinski definition) is 2. The molecule has 1 rings (SSSR count). The first-order valence-electron chi connectivity index (χ1n) is 5.13. The van der Waals surface area contributed by atoms with Crippen LogP contribution in [0.2, 0.25) is 0 Å². The van der Waals surface area contributed by atoms with Crippen LogP contribution in [0.3, 0.4) is 0 Å². The number of allylic oxidation sites excluding steroid dienone is 2. The summed E-state index contributed by atoms with van der Waals surface area (Å²) in [6.07, 6.45) is 6.93. The van der Waals surface area contributed by atoms with Gasteiger partial charge in [-0.25, -0.2) is 0 Å². The Morgan fingerprint density at radius 2 is 2.36 bits per heavy atom. The van der Waals surface area contributed by atoms with Crippen LogP contribution in [-0.2, 0) is 4.79 Å². The van der Waals surface area contributed by atoms with Gasteiger partial charge in [0.15, 0.2) is 0 Å². The zero-order valence-corrected chi connectivity index (χ0v) is 8.92. The lowest BCUT2D eigenvalue weighted by Gasteiger charge is -2.18. The van der Waals surface area contributed by atoms with Crippen LogP contribution >= 0.6 is 0 Å². The summed E-state index contributed by atoms with van der Waals surface area (Å²) in [7, 11) is 0. The fourth-order valence-corrected chi connectivity index (χ4v) is 1.49. The molecule has 80 valence electrons. The van der Waals surface area contributed by atoms with Crippen molar-refractivity contribution in [1.29, 1.82) is 0 Å². The number of carbonyl (C=O) groups is 1. The lowest BCUT2D eigenvalue weighted by Crippen LogP contribution is -2.38. The fourth-order valence-electron chi connectivity index (χ4n) is 1.49. The van der Waals surface area contributed by atoms with E-state index in [2.05, 4.69) is 17.5 Å². The first-order valence-corrected chi connectivity index (χ1v) is 5.13. The summed E-state index contributed by atoms with van der Waals surface area (Å²) in [4.78, 5) is 11.4. The summed E-state index contributed by atoms with van der Waals surface area (Å²) in [5.41, 5.74) is -0.818. The number of nitrogens with one attached hydrogen (secondary N) is 1. The third-order valence-electron chi connectivity index (χ3n) is 2.28.